The number of para-hydroxylation sites is 1. The lowest BCUT2D eigenvalue weighted by Gasteiger charge is -2.14. The highest BCUT2D eigenvalue weighted by atomic mass is 32.2. The molecule has 0 aliphatic heterocycles. The molecule has 27 heavy (non-hydrogen) atoms. The highest BCUT2D eigenvalue weighted by Crippen LogP contribution is 2.24. The van der Waals surface area contributed by atoms with Crippen LogP contribution in [-0.4, -0.2) is 20.9 Å². The van der Waals surface area contributed by atoms with Gasteiger partial charge in [0, 0.05) is 12.1 Å². The predicted molar refractivity (Wildman–Crippen MR) is 103 cm³/mol. The fourth-order valence-electron chi connectivity index (χ4n) is 3.31. The van der Waals surface area contributed by atoms with Crippen LogP contribution in [0.3, 0.4) is 0 Å². The van der Waals surface area contributed by atoms with Crippen molar-refractivity contribution in [2.24, 2.45) is 5.92 Å². The summed E-state index contributed by atoms with van der Waals surface area (Å²) in [6.45, 7) is 2.36. The van der Waals surface area contributed by atoms with Crippen LogP contribution in [0.15, 0.2) is 47.4 Å². The number of hydrogen-bond acceptors (Lipinski definition) is 3. The van der Waals surface area contributed by atoms with Crippen molar-refractivity contribution in [3.63, 3.8) is 0 Å². The Bertz CT molecular complexity index is 938. The average Bonchev–Trinajstić information content (AvgIpc) is 3.15. The first-order valence-corrected chi connectivity index (χ1v) is 10.5. The predicted octanol–water partition coefficient (Wildman–Crippen LogP) is 3.85. The van der Waals surface area contributed by atoms with Gasteiger partial charge in [-0.2, -0.15) is 0 Å². The van der Waals surface area contributed by atoms with Crippen LogP contribution in [0.1, 0.15) is 41.6 Å². The van der Waals surface area contributed by atoms with Gasteiger partial charge in [-0.05, 0) is 55.5 Å². The van der Waals surface area contributed by atoms with Crippen molar-refractivity contribution < 1.29 is 17.6 Å². The van der Waals surface area contributed by atoms with Gasteiger partial charge in [-0.1, -0.05) is 31.0 Å². The lowest BCUT2D eigenvalue weighted by atomic mass is 10.1. The Labute approximate surface area is 159 Å². The Kier molecular flexibility index (Phi) is 5.79. The fraction of sp³-hybridized carbons (Fsp3) is 0.350. The number of halogens is 1. The van der Waals surface area contributed by atoms with Gasteiger partial charge in [0.25, 0.3) is 15.9 Å². The van der Waals surface area contributed by atoms with Crippen molar-refractivity contribution in [2.75, 3.05) is 11.3 Å². The minimum absolute atomic E-state index is 0.0811. The molecule has 0 aromatic heterocycles. The normalized spacial score (nSPS) is 14.9. The van der Waals surface area contributed by atoms with E-state index in [9.17, 15) is 17.6 Å². The first-order valence-electron chi connectivity index (χ1n) is 9.03. The summed E-state index contributed by atoms with van der Waals surface area (Å²) in [4.78, 5) is 12.4. The summed E-state index contributed by atoms with van der Waals surface area (Å²) >= 11 is 0. The van der Waals surface area contributed by atoms with Crippen molar-refractivity contribution in [2.45, 2.75) is 37.5 Å². The second-order valence-corrected chi connectivity index (χ2v) is 8.60. The van der Waals surface area contributed by atoms with Crippen molar-refractivity contribution in [3.05, 3.63) is 59.4 Å². The summed E-state index contributed by atoms with van der Waals surface area (Å²) < 4.78 is 41.2. The number of aryl methyl sites for hydroxylation is 1. The molecule has 5 nitrogen and oxygen atoms in total. The number of rotatable bonds is 6. The number of carbonyl (C=O) groups is 1. The molecule has 144 valence electrons. The summed E-state index contributed by atoms with van der Waals surface area (Å²) in [7, 11) is -4.01. The molecule has 2 aromatic carbocycles. The van der Waals surface area contributed by atoms with Gasteiger partial charge in [0.1, 0.15) is 5.82 Å². The van der Waals surface area contributed by atoms with E-state index in [1.165, 1.54) is 49.2 Å². The van der Waals surface area contributed by atoms with Crippen LogP contribution >= 0.6 is 0 Å². The standard InChI is InChI=1S/C20H23FN2O3S/c1-14-10-11-16(27(25,26)23-19-9-5-4-8-18(19)21)12-17(14)20(24)22-13-15-6-2-3-7-15/h4-5,8-12,15,23H,2-3,6-7,13H2,1H3,(H,22,24). The molecule has 0 spiro atoms. The third-order valence-corrected chi connectivity index (χ3v) is 6.27. The number of amides is 1. The zero-order valence-corrected chi connectivity index (χ0v) is 16.0. The summed E-state index contributed by atoms with van der Waals surface area (Å²) in [5, 5.41) is 2.91. The minimum atomic E-state index is -4.01. The number of hydrogen-bond donors (Lipinski definition) is 2. The van der Waals surface area contributed by atoms with Gasteiger partial charge < -0.3 is 5.32 Å². The molecule has 1 fully saturated rings. The topological polar surface area (TPSA) is 75.3 Å². The van der Waals surface area contributed by atoms with Crippen LogP contribution in [-0.2, 0) is 10.0 Å². The van der Waals surface area contributed by atoms with Gasteiger partial charge in [-0.25, -0.2) is 12.8 Å². The lowest BCUT2D eigenvalue weighted by Crippen LogP contribution is -2.29. The van der Waals surface area contributed by atoms with Gasteiger partial charge in [-0.3, -0.25) is 9.52 Å². The maximum absolute atomic E-state index is 13.8. The Morgan fingerprint density at radius 3 is 2.56 bits per heavy atom. The van der Waals surface area contributed by atoms with Gasteiger partial charge in [-0.15, -0.1) is 0 Å². The van der Waals surface area contributed by atoms with E-state index in [1.54, 1.807) is 13.0 Å². The van der Waals surface area contributed by atoms with E-state index in [4.69, 9.17) is 0 Å². The molecule has 0 saturated heterocycles. The van der Waals surface area contributed by atoms with Crippen LogP contribution < -0.4 is 10.0 Å². The second-order valence-electron chi connectivity index (χ2n) is 6.92. The number of nitrogens with one attached hydrogen (secondary N) is 2. The van der Waals surface area contributed by atoms with Crippen LogP contribution in [0.2, 0.25) is 0 Å². The highest BCUT2D eigenvalue weighted by Gasteiger charge is 2.21. The van der Waals surface area contributed by atoms with Gasteiger partial charge in [0.05, 0.1) is 10.6 Å². The van der Waals surface area contributed by atoms with Crippen LogP contribution in [0.25, 0.3) is 0 Å². The molecular formula is C20H23FN2O3S. The van der Waals surface area contributed by atoms with E-state index in [-0.39, 0.29) is 16.5 Å². The summed E-state index contributed by atoms with van der Waals surface area (Å²) in [6.07, 6.45) is 4.60. The number of carbonyl (C=O) groups excluding carboxylic acids is 1. The molecule has 0 bridgehead atoms. The molecule has 0 radical (unpaired) electrons. The number of anilines is 1. The minimum Gasteiger partial charge on any atom is -0.352 e. The molecule has 1 aliphatic rings. The van der Waals surface area contributed by atoms with Crippen molar-refractivity contribution in [1.82, 2.24) is 5.32 Å². The third kappa shape index (κ3) is 4.66. The first-order chi connectivity index (χ1) is 12.9. The van der Waals surface area contributed by atoms with Gasteiger partial charge in [0.2, 0.25) is 0 Å². The van der Waals surface area contributed by atoms with E-state index in [0.717, 1.165) is 12.8 Å². The zero-order valence-electron chi connectivity index (χ0n) is 15.2. The largest absolute Gasteiger partial charge is 0.352 e. The second kappa shape index (κ2) is 8.08. The van der Waals surface area contributed by atoms with E-state index < -0.39 is 15.8 Å². The summed E-state index contributed by atoms with van der Waals surface area (Å²) in [5.74, 6) is -0.464. The van der Waals surface area contributed by atoms with Crippen molar-refractivity contribution in [1.29, 1.82) is 0 Å². The number of benzene rings is 2. The lowest BCUT2D eigenvalue weighted by molar-refractivity contribution is 0.0946. The zero-order chi connectivity index (χ0) is 19.4. The van der Waals surface area contributed by atoms with E-state index in [0.29, 0.717) is 23.6 Å². The monoisotopic (exact) mass is 390 g/mol. The SMILES string of the molecule is Cc1ccc(S(=O)(=O)Nc2ccccc2F)cc1C(=O)NCC1CCCC1. The van der Waals surface area contributed by atoms with E-state index >= 15 is 0 Å². The van der Waals surface area contributed by atoms with Crippen LogP contribution in [0, 0.1) is 18.7 Å². The molecule has 2 N–H and O–H groups in total. The molecule has 0 heterocycles. The molecule has 1 amide bonds. The molecule has 1 aliphatic carbocycles. The van der Waals surface area contributed by atoms with Gasteiger partial charge >= 0.3 is 0 Å². The van der Waals surface area contributed by atoms with E-state index in [1.807, 2.05) is 0 Å². The Morgan fingerprint density at radius 2 is 1.85 bits per heavy atom. The Balaban J connectivity index is 1.79. The van der Waals surface area contributed by atoms with Crippen LogP contribution in [0.5, 0.6) is 0 Å². The van der Waals surface area contributed by atoms with Gasteiger partial charge in [0.15, 0.2) is 0 Å². The first kappa shape index (κ1) is 19.4. The summed E-state index contributed by atoms with van der Waals surface area (Å²) in [5.41, 5.74) is 0.860. The molecule has 2 aromatic rings. The fourth-order valence-corrected chi connectivity index (χ4v) is 4.40. The molecule has 1 saturated carbocycles. The third-order valence-electron chi connectivity index (χ3n) is 4.91. The highest BCUT2D eigenvalue weighted by molar-refractivity contribution is 7.92. The smallest absolute Gasteiger partial charge is 0.262 e. The molecular weight excluding hydrogens is 367 g/mol. The van der Waals surface area contributed by atoms with Crippen molar-refractivity contribution >= 4 is 21.6 Å². The molecule has 7 heteroatoms. The average molecular weight is 390 g/mol. The Morgan fingerprint density at radius 1 is 1.15 bits per heavy atom. The van der Waals surface area contributed by atoms with E-state index in [2.05, 4.69) is 10.0 Å². The summed E-state index contributed by atoms with van der Waals surface area (Å²) in [6, 6.07) is 9.87. The number of sulfonamides is 1. The molecule has 0 unspecified atom stereocenters. The maximum Gasteiger partial charge on any atom is 0.262 e. The van der Waals surface area contributed by atoms with Crippen LogP contribution in [0.4, 0.5) is 10.1 Å². The Hall–Kier alpha value is -2.41. The molecule has 3 rings (SSSR count). The quantitative estimate of drug-likeness (QED) is 0.787. The van der Waals surface area contributed by atoms with Crippen molar-refractivity contribution in [3.8, 4) is 0 Å². The molecule has 0 atom stereocenters. The maximum atomic E-state index is 13.8.